The predicted molar refractivity (Wildman–Crippen MR) is 98.9 cm³/mol. The smallest absolute Gasteiger partial charge is 0.282 e. The van der Waals surface area contributed by atoms with E-state index in [9.17, 15) is 13.2 Å². The number of rotatable bonds is 7. The Morgan fingerprint density at radius 2 is 1.58 bits per heavy atom. The minimum Gasteiger partial charge on any atom is -0.379 e. The summed E-state index contributed by atoms with van der Waals surface area (Å²) in [5.74, 6) is 0.00719. The van der Waals surface area contributed by atoms with E-state index in [0.717, 1.165) is 13.0 Å². The lowest BCUT2D eigenvalue weighted by Gasteiger charge is -2.35. The summed E-state index contributed by atoms with van der Waals surface area (Å²) >= 11 is 0. The third-order valence-electron chi connectivity index (χ3n) is 5.60. The van der Waals surface area contributed by atoms with Crippen LogP contribution in [0.4, 0.5) is 0 Å². The van der Waals surface area contributed by atoms with Crippen LogP contribution in [0.2, 0.25) is 0 Å². The second-order valence-electron chi connectivity index (χ2n) is 7.39. The highest BCUT2D eigenvalue weighted by molar-refractivity contribution is 7.86. The fourth-order valence-corrected chi connectivity index (χ4v) is 5.56. The van der Waals surface area contributed by atoms with Crippen LogP contribution < -0.4 is 5.32 Å². The van der Waals surface area contributed by atoms with Crippen LogP contribution in [0.15, 0.2) is 0 Å². The summed E-state index contributed by atoms with van der Waals surface area (Å²) in [7, 11) is -3.42. The van der Waals surface area contributed by atoms with Gasteiger partial charge >= 0.3 is 0 Å². The van der Waals surface area contributed by atoms with E-state index in [0.29, 0.717) is 58.8 Å². The topological polar surface area (TPSA) is 82.2 Å². The molecule has 0 bridgehead atoms. The SMILES string of the molecule is O=C(NCCCN1CCCC1)C1CCN(S(=O)(=O)N2CCOCC2)CC1. The summed E-state index contributed by atoms with van der Waals surface area (Å²) in [5, 5.41) is 3.03. The number of morpholine rings is 1. The van der Waals surface area contributed by atoms with Gasteiger partial charge in [-0.3, -0.25) is 4.79 Å². The Balaban J connectivity index is 1.36. The van der Waals surface area contributed by atoms with Gasteiger partial charge in [0.1, 0.15) is 0 Å². The molecule has 0 radical (unpaired) electrons. The van der Waals surface area contributed by atoms with E-state index in [1.807, 2.05) is 0 Å². The number of carbonyl (C=O) groups excluding carboxylic acids is 1. The van der Waals surface area contributed by atoms with Crippen molar-refractivity contribution < 1.29 is 17.9 Å². The van der Waals surface area contributed by atoms with Crippen LogP contribution >= 0.6 is 0 Å². The van der Waals surface area contributed by atoms with Crippen LogP contribution in [0.1, 0.15) is 32.1 Å². The number of nitrogens with one attached hydrogen (secondary N) is 1. The molecule has 8 nitrogen and oxygen atoms in total. The molecule has 3 saturated heterocycles. The lowest BCUT2D eigenvalue weighted by Crippen LogP contribution is -2.51. The molecule has 150 valence electrons. The van der Waals surface area contributed by atoms with Gasteiger partial charge in [-0.25, -0.2) is 0 Å². The molecule has 3 fully saturated rings. The maximum atomic E-state index is 12.6. The van der Waals surface area contributed by atoms with E-state index in [1.165, 1.54) is 34.5 Å². The van der Waals surface area contributed by atoms with Crippen molar-refractivity contribution in [1.29, 1.82) is 0 Å². The second-order valence-corrected chi connectivity index (χ2v) is 9.31. The van der Waals surface area contributed by atoms with Crippen molar-refractivity contribution in [1.82, 2.24) is 18.8 Å². The first-order chi connectivity index (χ1) is 12.6. The highest BCUT2D eigenvalue weighted by Gasteiger charge is 2.35. The number of carbonyl (C=O) groups is 1. The van der Waals surface area contributed by atoms with Crippen LogP contribution in [0.5, 0.6) is 0 Å². The van der Waals surface area contributed by atoms with E-state index >= 15 is 0 Å². The number of piperidine rings is 1. The summed E-state index contributed by atoms with van der Waals surface area (Å²) in [5.41, 5.74) is 0. The first-order valence-corrected chi connectivity index (χ1v) is 11.3. The van der Waals surface area contributed by atoms with Gasteiger partial charge in [0.15, 0.2) is 0 Å². The molecule has 0 unspecified atom stereocenters. The summed E-state index contributed by atoms with van der Waals surface area (Å²) in [6.45, 7) is 6.72. The third-order valence-corrected chi connectivity index (χ3v) is 7.63. The van der Waals surface area contributed by atoms with Crippen LogP contribution in [0.25, 0.3) is 0 Å². The van der Waals surface area contributed by atoms with Gasteiger partial charge in [-0.05, 0) is 51.7 Å². The first kappa shape index (κ1) is 20.0. The van der Waals surface area contributed by atoms with Gasteiger partial charge in [-0.1, -0.05) is 0 Å². The molecule has 3 rings (SSSR count). The maximum absolute atomic E-state index is 12.6. The number of amides is 1. The molecule has 0 aromatic carbocycles. The molecule has 3 aliphatic heterocycles. The molecule has 0 aromatic rings. The Kier molecular flexibility index (Phi) is 7.27. The zero-order chi connectivity index (χ0) is 18.4. The number of nitrogens with zero attached hydrogens (tertiary/aromatic N) is 3. The summed E-state index contributed by atoms with van der Waals surface area (Å²) < 4.78 is 33.5. The van der Waals surface area contributed by atoms with Gasteiger partial charge in [-0.15, -0.1) is 0 Å². The third kappa shape index (κ3) is 5.16. The highest BCUT2D eigenvalue weighted by Crippen LogP contribution is 2.22. The molecule has 3 heterocycles. The molecule has 0 spiro atoms. The zero-order valence-corrected chi connectivity index (χ0v) is 16.4. The Morgan fingerprint density at radius 1 is 0.962 bits per heavy atom. The van der Waals surface area contributed by atoms with Crippen molar-refractivity contribution in [3.8, 4) is 0 Å². The van der Waals surface area contributed by atoms with Gasteiger partial charge in [0.05, 0.1) is 13.2 Å². The van der Waals surface area contributed by atoms with Crippen LogP contribution in [0.3, 0.4) is 0 Å². The fraction of sp³-hybridized carbons (Fsp3) is 0.941. The molecule has 9 heteroatoms. The summed E-state index contributed by atoms with van der Waals surface area (Å²) in [6.07, 6.45) is 4.76. The number of hydrogen-bond donors (Lipinski definition) is 1. The van der Waals surface area contributed by atoms with Crippen molar-refractivity contribution in [3.05, 3.63) is 0 Å². The van der Waals surface area contributed by atoms with Crippen LogP contribution in [-0.4, -0.2) is 93.4 Å². The standard InChI is InChI=1S/C17H32N4O4S/c22-17(18-6-3-9-19-7-1-2-8-19)16-4-10-20(11-5-16)26(23,24)21-12-14-25-15-13-21/h16H,1-15H2,(H,18,22). The molecular formula is C17H32N4O4S. The molecule has 1 N–H and O–H groups in total. The van der Waals surface area contributed by atoms with E-state index < -0.39 is 10.2 Å². The normalized spacial score (nSPS) is 24.8. The van der Waals surface area contributed by atoms with Gasteiger partial charge in [-0.2, -0.15) is 17.0 Å². The second kappa shape index (κ2) is 9.45. The van der Waals surface area contributed by atoms with E-state index in [1.54, 1.807) is 0 Å². The summed E-state index contributed by atoms with van der Waals surface area (Å²) in [4.78, 5) is 14.8. The van der Waals surface area contributed by atoms with Crippen molar-refractivity contribution in [3.63, 3.8) is 0 Å². The minimum atomic E-state index is -3.42. The molecule has 0 saturated carbocycles. The Bertz CT molecular complexity index is 551. The van der Waals surface area contributed by atoms with Crippen LogP contribution in [0, 0.1) is 5.92 Å². The Labute approximate surface area is 157 Å². The zero-order valence-electron chi connectivity index (χ0n) is 15.6. The van der Waals surface area contributed by atoms with Crippen LogP contribution in [-0.2, 0) is 19.7 Å². The van der Waals surface area contributed by atoms with Gasteiger partial charge in [0, 0.05) is 38.6 Å². The quantitative estimate of drug-likeness (QED) is 0.615. The van der Waals surface area contributed by atoms with E-state index in [-0.39, 0.29) is 11.8 Å². The Morgan fingerprint density at radius 3 is 2.23 bits per heavy atom. The Hall–Kier alpha value is -0.740. The van der Waals surface area contributed by atoms with E-state index in [4.69, 9.17) is 4.74 Å². The monoisotopic (exact) mass is 388 g/mol. The molecular weight excluding hydrogens is 356 g/mol. The summed E-state index contributed by atoms with van der Waals surface area (Å²) in [6, 6.07) is 0. The average molecular weight is 389 g/mol. The first-order valence-electron chi connectivity index (χ1n) is 9.90. The maximum Gasteiger partial charge on any atom is 0.282 e. The molecule has 0 aromatic heterocycles. The predicted octanol–water partition coefficient (Wildman–Crippen LogP) is -0.122. The van der Waals surface area contributed by atoms with Gasteiger partial charge in [0.25, 0.3) is 10.2 Å². The largest absolute Gasteiger partial charge is 0.379 e. The van der Waals surface area contributed by atoms with E-state index in [2.05, 4.69) is 10.2 Å². The average Bonchev–Trinajstić information content (AvgIpc) is 3.19. The van der Waals surface area contributed by atoms with Crippen molar-refractivity contribution in [2.75, 3.05) is 65.6 Å². The fourth-order valence-electron chi connectivity index (χ4n) is 3.95. The lowest BCUT2D eigenvalue weighted by molar-refractivity contribution is -0.126. The molecule has 0 aliphatic carbocycles. The van der Waals surface area contributed by atoms with Gasteiger partial charge in [0.2, 0.25) is 5.91 Å². The van der Waals surface area contributed by atoms with Crippen molar-refractivity contribution in [2.45, 2.75) is 32.1 Å². The molecule has 26 heavy (non-hydrogen) atoms. The number of likely N-dealkylation sites (tertiary alicyclic amines) is 1. The minimum absolute atomic E-state index is 0.0714. The molecule has 3 aliphatic rings. The van der Waals surface area contributed by atoms with Gasteiger partial charge < -0.3 is 15.0 Å². The van der Waals surface area contributed by atoms with Crippen molar-refractivity contribution in [2.24, 2.45) is 5.92 Å². The van der Waals surface area contributed by atoms with Crippen molar-refractivity contribution >= 4 is 16.1 Å². The molecule has 1 amide bonds. The lowest BCUT2D eigenvalue weighted by atomic mass is 9.97. The highest BCUT2D eigenvalue weighted by atomic mass is 32.2. The number of hydrogen-bond acceptors (Lipinski definition) is 5. The number of ether oxygens (including phenoxy) is 1. The molecule has 0 atom stereocenters.